The summed E-state index contributed by atoms with van der Waals surface area (Å²) in [6.45, 7) is 1.23. The topological polar surface area (TPSA) is 100 Å². The second kappa shape index (κ2) is 5.97. The Kier molecular flexibility index (Phi) is 4.08. The van der Waals surface area contributed by atoms with E-state index in [0.717, 1.165) is 17.0 Å². The Morgan fingerprint density at radius 1 is 1.41 bits per heavy atom. The maximum Gasteiger partial charge on any atom is 0.274 e. The normalized spacial score (nSPS) is 9.86. The van der Waals surface area contributed by atoms with Gasteiger partial charge in [0.2, 0.25) is 5.91 Å². The number of carbonyl (C=O) groups excluding carboxylic acids is 1. The van der Waals surface area contributed by atoms with Crippen LogP contribution in [-0.4, -0.2) is 15.8 Å². The van der Waals surface area contributed by atoms with Crippen LogP contribution in [-0.2, 0) is 4.79 Å². The van der Waals surface area contributed by atoms with Crippen molar-refractivity contribution >= 4 is 23.1 Å². The molecule has 1 aromatic heterocycles. The molecule has 110 valence electrons. The minimum Gasteiger partial charge on any atom is -0.274 e. The fourth-order valence-electron chi connectivity index (χ4n) is 1.86. The molecule has 0 aliphatic heterocycles. The molecule has 0 atom stereocenters. The van der Waals surface area contributed by atoms with E-state index in [1.165, 1.54) is 31.3 Å². The number of pyridine rings is 1. The number of nitrogens with zero attached hydrogens (tertiary/aromatic N) is 4. The van der Waals surface area contributed by atoms with Gasteiger partial charge < -0.3 is 0 Å². The Balaban J connectivity index is 2.56. The molecule has 0 fully saturated rings. The Hall–Kier alpha value is -3.34. The highest BCUT2D eigenvalue weighted by molar-refractivity contribution is 5.98. The summed E-state index contributed by atoms with van der Waals surface area (Å²) >= 11 is 0. The van der Waals surface area contributed by atoms with E-state index in [0.29, 0.717) is 0 Å². The first kappa shape index (κ1) is 15.1. The third kappa shape index (κ3) is 2.88. The average Bonchev–Trinajstić information content (AvgIpc) is 2.49. The van der Waals surface area contributed by atoms with Gasteiger partial charge in [0, 0.05) is 19.2 Å². The van der Waals surface area contributed by atoms with Gasteiger partial charge in [-0.25, -0.2) is 9.37 Å². The Morgan fingerprint density at radius 2 is 2.14 bits per heavy atom. The second-order valence-corrected chi connectivity index (χ2v) is 4.26. The van der Waals surface area contributed by atoms with Crippen molar-refractivity contribution in [3.05, 3.63) is 58.0 Å². The molecule has 0 N–H and O–H groups in total. The molecule has 0 saturated carbocycles. The van der Waals surface area contributed by atoms with Gasteiger partial charge in [0.25, 0.3) is 5.69 Å². The predicted molar refractivity (Wildman–Crippen MR) is 74.8 cm³/mol. The molecule has 0 unspecified atom stereocenters. The minimum absolute atomic E-state index is 0.0113. The lowest BCUT2D eigenvalue weighted by Crippen LogP contribution is -2.24. The summed E-state index contributed by atoms with van der Waals surface area (Å²) < 4.78 is 13.4. The van der Waals surface area contributed by atoms with Crippen LogP contribution >= 0.6 is 0 Å². The highest BCUT2D eigenvalue weighted by atomic mass is 19.1. The van der Waals surface area contributed by atoms with Gasteiger partial charge in [0.05, 0.1) is 22.2 Å². The van der Waals surface area contributed by atoms with Crippen LogP contribution in [0, 0.1) is 27.3 Å². The summed E-state index contributed by atoms with van der Waals surface area (Å²) in [5.41, 5.74) is -0.286. The van der Waals surface area contributed by atoms with Gasteiger partial charge in [-0.3, -0.25) is 19.8 Å². The van der Waals surface area contributed by atoms with Crippen molar-refractivity contribution in [2.24, 2.45) is 0 Å². The van der Waals surface area contributed by atoms with Crippen molar-refractivity contribution in [2.45, 2.75) is 6.92 Å². The molecule has 0 spiro atoms. The molecule has 7 nitrogen and oxygen atoms in total. The van der Waals surface area contributed by atoms with Crippen LogP contribution in [0.2, 0.25) is 0 Å². The van der Waals surface area contributed by atoms with E-state index >= 15 is 0 Å². The number of amides is 1. The number of nitriles is 1. The number of hydrogen-bond donors (Lipinski definition) is 0. The van der Waals surface area contributed by atoms with Crippen LogP contribution < -0.4 is 4.90 Å². The average molecular weight is 300 g/mol. The summed E-state index contributed by atoms with van der Waals surface area (Å²) in [6.07, 6.45) is 1.19. The van der Waals surface area contributed by atoms with Gasteiger partial charge in [0.1, 0.15) is 17.7 Å². The van der Waals surface area contributed by atoms with Crippen molar-refractivity contribution in [2.75, 3.05) is 4.90 Å². The summed E-state index contributed by atoms with van der Waals surface area (Å²) in [5, 5.41) is 19.7. The highest BCUT2D eigenvalue weighted by Crippen LogP contribution is 2.27. The molecule has 0 aliphatic carbocycles. The van der Waals surface area contributed by atoms with Crippen molar-refractivity contribution in [3.63, 3.8) is 0 Å². The molecule has 2 aromatic rings. The standard InChI is InChI=1S/C14H9FN4O3/c1-9(20)18(11-2-3-13(15)10(6-11)8-16)14-7-12(19(21)22)4-5-17-14/h2-7H,1H3. The molecule has 1 aromatic carbocycles. The minimum atomic E-state index is -0.721. The molecule has 1 amide bonds. The molecular weight excluding hydrogens is 291 g/mol. The lowest BCUT2D eigenvalue weighted by atomic mass is 10.2. The van der Waals surface area contributed by atoms with Crippen LogP contribution in [0.3, 0.4) is 0 Å². The summed E-state index contributed by atoms with van der Waals surface area (Å²) in [4.78, 5) is 27.0. The van der Waals surface area contributed by atoms with Gasteiger partial charge >= 0.3 is 0 Å². The van der Waals surface area contributed by atoms with Crippen LogP contribution in [0.4, 0.5) is 21.6 Å². The van der Waals surface area contributed by atoms with Gasteiger partial charge in [-0.2, -0.15) is 5.26 Å². The summed E-state index contributed by atoms with van der Waals surface area (Å²) in [6, 6.07) is 7.49. The fourth-order valence-corrected chi connectivity index (χ4v) is 1.86. The van der Waals surface area contributed by atoms with Crippen molar-refractivity contribution in [1.29, 1.82) is 5.26 Å². The number of halogens is 1. The number of hydrogen-bond acceptors (Lipinski definition) is 5. The van der Waals surface area contributed by atoms with Crippen molar-refractivity contribution in [3.8, 4) is 6.07 Å². The first-order chi connectivity index (χ1) is 10.4. The zero-order valence-corrected chi connectivity index (χ0v) is 11.4. The Morgan fingerprint density at radius 3 is 2.73 bits per heavy atom. The first-order valence-corrected chi connectivity index (χ1v) is 6.05. The quantitative estimate of drug-likeness (QED) is 0.640. The monoisotopic (exact) mass is 300 g/mol. The molecule has 22 heavy (non-hydrogen) atoms. The summed E-state index contributed by atoms with van der Waals surface area (Å²) in [5.74, 6) is -1.19. The molecule has 0 bridgehead atoms. The maximum atomic E-state index is 13.4. The largest absolute Gasteiger partial charge is 0.274 e. The fraction of sp³-hybridized carbons (Fsp3) is 0.0714. The van der Waals surface area contributed by atoms with Crippen LogP contribution in [0.5, 0.6) is 0 Å². The van der Waals surface area contributed by atoms with Gasteiger partial charge in [-0.05, 0) is 18.2 Å². The van der Waals surface area contributed by atoms with Crippen molar-refractivity contribution < 1.29 is 14.1 Å². The van der Waals surface area contributed by atoms with E-state index in [4.69, 9.17) is 5.26 Å². The third-order valence-corrected chi connectivity index (χ3v) is 2.81. The number of benzene rings is 1. The Bertz CT molecular complexity index is 801. The first-order valence-electron chi connectivity index (χ1n) is 6.05. The zero-order chi connectivity index (χ0) is 16.3. The van der Waals surface area contributed by atoms with Gasteiger partial charge in [0.15, 0.2) is 0 Å². The molecule has 0 saturated heterocycles. The molecule has 2 rings (SSSR count). The lowest BCUT2D eigenvalue weighted by Gasteiger charge is -2.20. The van der Waals surface area contributed by atoms with Crippen LogP contribution in [0.25, 0.3) is 0 Å². The lowest BCUT2D eigenvalue weighted by molar-refractivity contribution is -0.384. The van der Waals surface area contributed by atoms with Crippen LogP contribution in [0.15, 0.2) is 36.5 Å². The molecule has 0 aliphatic rings. The van der Waals surface area contributed by atoms with E-state index in [-0.39, 0.29) is 22.8 Å². The molecular formula is C14H9FN4O3. The Labute approximate surface area is 124 Å². The smallest absolute Gasteiger partial charge is 0.274 e. The van der Waals surface area contributed by atoms with E-state index in [9.17, 15) is 19.3 Å². The maximum absolute atomic E-state index is 13.4. The van der Waals surface area contributed by atoms with E-state index < -0.39 is 16.6 Å². The SMILES string of the molecule is CC(=O)N(c1ccc(F)c(C#N)c1)c1cc([N+](=O)[O-])ccn1. The second-order valence-electron chi connectivity index (χ2n) is 4.26. The molecule has 1 heterocycles. The van der Waals surface area contributed by atoms with Crippen molar-refractivity contribution in [1.82, 2.24) is 4.98 Å². The van der Waals surface area contributed by atoms with E-state index in [2.05, 4.69) is 4.98 Å². The van der Waals surface area contributed by atoms with Crippen LogP contribution in [0.1, 0.15) is 12.5 Å². The summed E-state index contributed by atoms with van der Waals surface area (Å²) in [7, 11) is 0. The molecule has 0 radical (unpaired) electrons. The highest BCUT2D eigenvalue weighted by Gasteiger charge is 2.19. The number of aromatic nitrogens is 1. The molecule has 8 heteroatoms. The van der Waals surface area contributed by atoms with Gasteiger partial charge in [-0.1, -0.05) is 0 Å². The number of carbonyl (C=O) groups is 1. The number of nitro groups is 1. The number of rotatable bonds is 3. The predicted octanol–water partition coefficient (Wildman–Crippen LogP) is 2.69. The number of anilines is 2. The van der Waals surface area contributed by atoms with E-state index in [1.54, 1.807) is 6.07 Å². The van der Waals surface area contributed by atoms with E-state index in [1.807, 2.05) is 0 Å². The zero-order valence-electron chi connectivity index (χ0n) is 11.4. The van der Waals surface area contributed by atoms with Gasteiger partial charge in [-0.15, -0.1) is 0 Å². The third-order valence-electron chi connectivity index (χ3n) is 2.81.